The van der Waals surface area contributed by atoms with E-state index in [0.717, 1.165) is 0 Å². The lowest BCUT2D eigenvalue weighted by Crippen LogP contribution is -2.61. The number of amidine groups is 1. The standard InChI is InChI=1S/C13H19N3O4S/c1-6(17)10-7-4-8(21-5-9(14)15(2)3)11(13(19)20)16(7)12(10)18/h6-7,10,14,17H,4-5H2,1-3H3,(H,19,20). The zero-order valence-corrected chi connectivity index (χ0v) is 13.0. The summed E-state index contributed by atoms with van der Waals surface area (Å²) in [6, 6.07) is -0.264. The SMILES string of the molecule is CC(O)C1C(=O)N2C(C(=O)O)=C(SCC(=N)N(C)C)CC12. The van der Waals surface area contributed by atoms with E-state index in [0.29, 0.717) is 22.9 Å². The number of carboxylic acid groups (broad SMARTS) is 1. The molecule has 0 radical (unpaired) electrons. The van der Waals surface area contributed by atoms with Crippen LogP contribution < -0.4 is 0 Å². The number of amides is 1. The predicted octanol–water partition coefficient (Wildman–Crippen LogP) is 0.166. The number of thioether (sulfide) groups is 1. The van der Waals surface area contributed by atoms with Gasteiger partial charge in [-0.15, -0.1) is 11.8 Å². The molecule has 2 aliphatic heterocycles. The summed E-state index contributed by atoms with van der Waals surface area (Å²) >= 11 is 1.28. The second-order valence-electron chi connectivity index (χ2n) is 5.45. The van der Waals surface area contributed by atoms with Gasteiger partial charge in [0.2, 0.25) is 5.91 Å². The lowest BCUT2D eigenvalue weighted by atomic mass is 9.83. The number of rotatable bonds is 5. The van der Waals surface area contributed by atoms with Gasteiger partial charge in [-0.2, -0.15) is 0 Å². The topological polar surface area (TPSA) is 105 Å². The molecule has 0 saturated carbocycles. The lowest BCUT2D eigenvalue weighted by molar-refractivity contribution is -0.161. The fraction of sp³-hybridized carbons (Fsp3) is 0.615. The fourth-order valence-electron chi connectivity index (χ4n) is 2.64. The largest absolute Gasteiger partial charge is 0.477 e. The molecule has 8 heteroatoms. The van der Waals surface area contributed by atoms with E-state index in [2.05, 4.69) is 0 Å². The summed E-state index contributed by atoms with van der Waals surface area (Å²) < 4.78 is 0. The summed E-state index contributed by atoms with van der Waals surface area (Å²) in [6.45, 7) is 1.55. The summed E-state index contributed by atoms with van der Waals surface area (Å²) in [5.41, 5.74) is 0.0125. The van der Waals surface area contributed by atoms with Gasteiger partial charge < -0.3 is 20.0 Å². The molecule has 2 aliphatic rings. The van der Waals surface area contributed by atoms with Gasteiger partial charge in [0, 0.05) is 25.4 Å². The van der Waals surface area contributed by atoms with Crippen molar-refractivity contribution in [1.29, 1.82) is 5.41 Å². The van der Waals surface area contributed by atoms with Crippen molar-refractivity contribution in [3.8, 4) is 0 Å². The van der Waals surface area contributed by atoms with Crippen LogP contribution in [0.3, 0.4) is 0 Å². The quantitative estimate of drug-likeness (QED) is 0.379. The van der Waals surface area contributed by atoms with Crippen molar-refractivity contribution in [2.75, 3.05) is 19.8 Å². The number of fused-ring (bicyclic) bond motifs is 1. The second-order valence-corrected chi connectivity index (χ2v) is 6.52. The Hall–Kier alpha value is -1.54. The van der Waals surface area contributed by atoms with Gasteiger partial charge in [-0.3, -0.25) is 10.2 Å². The Morgan fingerprint density at radius 3 is 2.67 bits per heavy atom. The van der Waals surface area contributed by atoms with Crippen LogP contribution in [0.4, 0.5) is 0 Å². The van der Waals surface area contributed by atoms with E-state index in [1.165, 1.54) is 16.7 Å². The van der Waals surface area contributed by atoms with Crippen molar-refractivity contribution < 1.29 is 19.8 Å². The van der Waals surface area contributed by atoms with E-state index < -0.39 is 18.0 Å². The van der Waals surface area contributed by atoms with Crippen molar-refractivity contribution in [1.82, 2.24) is 9.80 Å². The Labute approximate surface area is 127 Å². The highest BCUT2D eigenvalue weighted by Gasteiger charge is 2.56. The first-order valence-electron chi connectivity index (χ1n) is 6.60. The van der Waals surface area contributed by atoms with E-state index in [9.17, 15) is 19.8 Å². The number of β-lactam (4-membered cyclic amide) rings is 1. The predicted molar refractivity (Wildman–Crippen MR) is 79.0 cm³/mol. The van der Waals surface area contributed by atoms with Crippen LogP contribution in [-0.4, -0.2) is 69.7 Å². The normalized spacial score (nSPS) is 25.5. The number of aliphatic hydroxyl groups excluding tert-OH is 1. The zero-order chi connectivity index (χ0) is 15.9. The van der Waals surface area contributed by atoms with Crippen molar-refractivity contribution in [2.45, 2.75) is 25.5 Å². The van der Waals surface area contributed by atoms with Gasteiger partial charge >= 0.3 is 5.97 Å². The maximum atomic E-state index is 12.0. The van der Waals surface area contributed by atoms with Crippen LogP contribution in [0.25, 0.3) is 0 Å². The van der Waals surface area contributed by atoms with Crippen LogP contribution in [0.15, 0.2) is 10.6 Å². The average Bonchev–Trinajstić information content (AvgIpc) is 2.69. The van der Waals surface area contributed by atoms with Crippen LogP contribution in [0, 0.1) is 11.3 Å². The third-order valence-corrected chi connectivity index (χ3v) is 4.94. The molecule has 0 aliphatic carbocycles. The van der Waals surface area contributed by atoms with Crippen molar-refractivity contribution in [3.63, 3.8) is 0 Å². The minimum Gasteiger partial charge on any atom is -0.477 e. The number of carbonyl (C=O) groups is 2. The molecule has 0 spiro atoms. The molecule has 3 atom stereocenters. The van der Waals surface area contributed by atoms with Gasteiger partial charge in [0.15, 0.2) is 0 Å². The van der Waals surface area contributed by atoms with E-state index in [4.69, 9.17) is 5.41 Å². The molecular formula is C13H19N3O4S. The van der Waals surface area contributed by atoms with Gasteiger partial charge in [0.1, 0.15) is 11.5 Å². The van der Waals surface area contributed by atoms with Crippen LogP contribution in [-0.2, 0) is 9.59 Å². The summed E-state index contributed by atoms with van der Waals surface area (Å²) in [4.78, 5) is 27.0. The highest BCUT2D eigenvalue weighted by atomic mass is 32.2. The summed E-state index contributed by atoms with van der Waals surface area (Å²) in [7, 11) is 3.51. The summed E-state index contributed by atoms with van der Waals surface area (Å²) in [5.74, 6) is -1.25. The van der Waals surface area contributed by atoms with Crippen LogP contribution in [0.5, 0.6) is 0 Å². The minimum atomic E-state index is -1.13. The van der Waals surface area contributed by atoms with E-state index >= 15 is 0 Å². The molecule has 1 amide bonds. The van der Waals surface area contributed by atoms with Crippen molar-refractivity contribution in [3.05, 3.63) is 10.6 Å². The van der Waals surface area contributed by atoms with E-state index in [-0.39, 0.29) is 17.6 Å². The average molecular weight is 313 g/mol. The van der Waals surface area contributed by atoms with Crippen LogP contribution in [0.2, 0.25) is 0 Å². The Morgan fingerprint density at radius 2 is 2.19 bits per heavy atom. The number of aliphatic carboxylic acids is 1. The number of hydrogen-bond donors (Lipinski definition) is 3. The summed E-state index contributed by atoms with van der Waals surface area (Å²) in [6.07, 6.45) is -0.341. The Bertz CT molecular complexity index is 530. The molecule has 2 rings (SSSR count). The molecule has 0 bridgehead atoms. The number of aliphatic hydroxyl groups is 1. The number of nitrogens with zero attached hydrogens (tertiary/aromatic N) is 2. The Balaban J connectivity index is 2.15. The Kier molecular flexibility index (Phi) is 4.29. The Morgan fingerprint density at radius 1 is 1.57 bits per heavy atom. The number of carbonyl (C=O) groups excluding carboxylic acids is 1. The van der Waals surface area contributed by atoms with Gasteiger partial charge in [-0.05, 0) is 6.92 Å². The number of carboxylic acids is 1. The molecule has 1 saturated heterocycles. The first-order chi connectivity index (χ1) is 9.75. The molecule has 0 aromatic carbocycles. The zero-order valence-electron chi connectivity index (χ0n) is 12.2. The highest BCUT2D eigenvalue weighted by molar-refractivity contribution is 8.03. The van der Waals surface area contributed by atoms with Gasteiger partial charge in [-0.1, -0.05) is 0 Å². The first-order valence-corrected chi connectivity index (χ1v) is 7.59. The minimum absolute atomic E-state index is 0.0125. The van der Waals surface area contributed by atoms with Gasteiger partial charge in [-0.25, -0.2) is 4.79 Å². The highest BCUT2D eigenvalue weighted by Crippen LogP contribution is 2.46. The molecule has 1 fully saturated rings. The van der Waals surface area contributed by atoms with Crippen molar-refractivity contribution in [2.24, 2.45) is 5.92 Å². The van der Waals surface area contributed by atoms with Gasteiger partial charge in [0.25, 0.3) is 0 Å². The molecule has 2 heterocycles. The third-order valence-electron chi connectivity index (χ3n) is 3.81. The van der Waals surface area contributed by atoms with Crippen LogP contribution >= 0.6 is 11.8 Å². The molecule has 7 nitrogen and oxygen atoms in total. The van der Waals surface area contributed by atoms with E-state index in [1.54, 1.807) is 25.9 Å². The number of nitrogens with one attached hydrogen (secondary N) is 1. The fourth-order valence-corrected chi connectivity index (χ4v) is 3.82. The van der Waals surface area contributed by atoms with Crippen molar-refractivity contribution >= 4 is 29.5 Å². The second kappa shape index (κ2) is 5.69. The number of hydrogen-bond acceptors (Lipinski definition) is 5. The maximum Gasteiger partial charge on any atom is 0.353 e. The first kappa shape index (κ1) is 15.8. The molecular weight excluding hydrogens is 294 g/mol. The molecule has 3 N–H and O–H groups in total. The summed E-state index contributed by atoms with van der Waals surface area (Å²) in [5, 5.41) is 26.7. The molecule has 0 aromatic rings. The lowest BCUT2D eigenvalue weighted by Gasteiger charge is -2.44. The van der Waals surface area contributed by atoms with E-state index in [1.807, 2.05) is 0 Å². The van der Waals surface area contributed by atoms with Crippen LogP contribution in [0.1, 0.15) is 13.3 Å². The third kappa shape index (κ3) is 2.65. The molecule has 0 aromatic heterocycles. The van der Waals surface area contributed by atoms with Gasteiger partial charge in [0.05, 0.1) is 23.8 Å². The maximum absolute atomic E-state index is 12.0. The molecule has 3 unspecified atom stereocenters. The smallest absolute Gasteiger partial charge is 0.353 e. The monoisotopic (exact) mass is 313 g/mol. The molecule has 116 valence electrons. The molecule has 21 heavy (non-hydrogen) atoms.